The molecule has 7 nitrogen and oxygen atoms in total. The van der Waals surface area contributed by atoms with E-state index in [1.807, 2.05) is 0 Å². The van der Waals surface area contributed by atoms with Gasteiger partial charge in [0.25, 0.3) is 0 Å². The van der Waals surface area contributed by atoms with Gasteiger partial charge in [-0.25, -0.2) is 4.98 Å². The van der Waals surface area contributed by atoms with E-state index >= 15 is 0 Å². The smallest absolute Gasteiger partial charge is 0.223 e. The van der Waals surface area contributed by atoms with Crippen molar-refractivity contribution in [3.63, 3.8) is 0 Å². The summed E-state index contributed by atoms with van der Waals surface area (Å²) >= 11 is 6.00. The summed E-state index contributed by atoms with van der Waals surface area (Å²) in [6.07, 6.45) is 2.20. The number of fused-ring (bicyclic) bond motifs is 1. The van der Waals surface area contributed by atoms with Crippen LogP contribution in [0.1, 0.15) is 6.42 Å². The van der Waals surface area contributed by atoms with E-state index in [1.165, 1.54) is 0 Å². The highest BCUT2D eigenvalue weighted by molar-refractivity contribution is 6.33. The standard InChI is InChI=1S/C10H14ClN5O2/c11-8-7-9(15-10(12)14-8)13-5-16(7)2-1-6(3-17)4-18/h5-6,17-18H,1-4H2,(H2,12,14,15). The summed E-state index contributed by atoms with van der Waals surface area (Å²) < 4.78 is 1.79. The van der Waals surface area contributed by atoms with E-state index in [2.05, 4.69) is 15.0 Å². The molecule has 0 unspecified atom stereocenters. The lowest BCUT2D eigenvalue weighted by Gasteiger charge is -2.11. The minimum Gasteiger partial charge on any atom is -0.396 e. The Morgan fingerprint density at radius 1 is 1.33 bits per heavy atom. The number of aryl methyl sites for hydroxylation is 1. The third-order valence-corrected chi connectivity index (χ3v) is 3.01. The van der Waals surface area contributed by atoms with Gasteiger partial charge in [-0.15, -0.1) is 0 Å². The maximum Gasteiger partial charge on any atom is 0.223 e. The molecule has 0 aliphatic heterocycles. The SMILES string of the molecule is Nc1nc(Cl)c2c(ncn2CCC(CO)CO)n1. The van der Waals surface area contributed by atoms with E-state index in [9.17, 15) is 0 Å². The van der Waals surface area contributed by atoms with Gasteiger partial charge in [0, 0.05) is 25.7 Å². The van der Waals surface area contributed by atoms with Gasteiger partial charge >= 0.3 is 0 Å². The number of aliphatic hydroxyl groups is 2. The van der Waals surface area contributed by atoms with Gasteiger partial charge < -0.3 is 20.5 Å². The zero-order valence-electron chi connectivity index (χ0n) is 9.62. The van der Waals surface area contributed by atoms with Gasteiger partial charge in [0.1, 0.15) is 5.52 Å². The molecule has 18 heavy (non-hydrogen) atoms. The van der Waals surface area contributed by atoms with Crippen LogP contribution >= 0.6 is 11.6 Å². The fraction of sp³-hybridized carbons (Fsp3) is 0.500. The topological polar surface area (TPSA) is 110 Å². The lowest BCUT2D eigenvalue weighted by Crippen LogP contribution is -2.14. The second-order valence-electron chi connectivity index (χ2n) is 4.00. The zero-order chi connectivity index (χ0) is 13.1. The Labute approximate surface area is 108 Å². The van der Waals surface area contributed by atoms with Crippen molar-refractivity contribution >= 4 is 28.7 Å². The molecule has 0 fully saturated rings. The summed E-state index contributed by atoms with van der Waals surface area (Å²) in [5.41, 5.74) is 6.53. The number of aliphatic hydroxyl groups excluding tert-OH is 2. The number of nitrogens with zero attached hydrogens (tertiary/aromatic N) is 4. The lowest BCUT2D eigenvalue weighted by atomic mass is 10.1. The van der Waals surface area contributed by atoms with Crippen LogP contribution in [0.15, 0.2) is 6.33 Å². The molecule has 0 radical (unpaired) electrons. The van der Waals surface area contributed by atoms with Crippen LogP contribution in [0, 0.1) is 5.92 Å². The summed E-state index contributed by atoms with van der Waals surface area (Å²) in [4.78, 5) is 11.9. The summed E-state index contributed by atoms with van der Waals surface area (Å²) in [6, 6.07) is 0. The van der Waals surface area contributed by atoms with Crippen LogP contribution in [-0.2, 0) is 6.54 Å². The van der Waals surface area contributed by atoms with Crippen LogP contribution in [0.5, 0.6) is 0 Å². The number of nitrogens with two attached hydrogens (primary N) is 1. The summed E-state index contributed by atoms with van der Waals surface area (Å²) in [5, 5.41) is 18.3. The number of imidazole rings is 1. The lowest BCUT2D eigenvalue weighted by molar-refractivity contribution is 0.140. The molecule has 2 aromatic rings. The van der Waals surface area contributed by atoms with Crippen molar-refractivity contribution in [2.45, 2.75) is 13.0 Å². The van der Waals surface area contributed by atoms with Crippen molar-refractivity contribution in [3.8, 4) is 0 Å². The molecular weight excluding hydrogens is 258 g/mol. The minimum atomic E-state index is -0.157. The number of rotatable bonds is 5. The van der Waals surface area contributed by atoms with Gasteiger partial charge in [-0.2, -0.15) is 9.97 Å². The number of hydrogen-bond donors (Lipinski definition) is 3. The third kappa shape index (κ3) is 2.53. The maximum atomic E-state index is 9.01. The monoisotopic (exact) mass is 271 g/mol. The van der Waals surface area contributed by atoms with E-state index in [-0.39, 0.29) is 30.2 Å². The number of aromatic nitrogens is 4. The second-order valence-corrected chi connectivity index (χ2v) is 4.36. The molecule has 98 valence electrons. The first kappa shape index (κ1) is 13.0. The summed E-state index contributed by atoms with van der Waals surface area (Å²) in [5.74, 6) is -0.0720. The van der Waals surface area contributed by atoms with E-state index in [0.717, 1.165) is 0 Å². The maximum absolute atomic E-state index is 9.01. The first-order valence-corrected chi connectivity index (χ1v) is 5.89. The Bertz CT molecular complexity index is 540. The molecule has 0 aromatic carbocycles. The number of halogens is 1. The number of nitrogen functional groups attached to an aromatic ring is 1. The molecule has 0 saturated heterocycles. The first-order valence-electron chi connectivity index (χ1n) is 5.51. The molecule has 2 rings (SSSR count). The van der Waals surface area contributed by atoms with Crippen molar-refractivity contribution in [1.29, 1.82) is 0 Å². The highest BCUT2D eigenvalue weighted by Crippen LogP contribution is 2.21. The van der Waals surface area contributed by atoms with Crippen molar-refractivity contribution in [1.82, 2.24) is 19.5 Å². The molecule has 0 aliphatic rings. The Morgan fingerprint density at radius 3 is 2.72 bits per heavy atom. The van der Waals surface area contributed by atoms with Gasteiger partial charge in [0.2, 0.25) is 5.95 Å². The molecule has 0 saturated carbocycles. The van der Waals surface area contributed by atoms with Crippen LogP contribution < -0.4 is 5.73 Å². The molecule has 0 amide bonds. The molecular formula is C10H14ClN5O2. The van der Waals surface area contributed by atoms with Gasteiger partial charge in [-0.3, -0.25) is 0 Å². The predicted octanol–water partition coefficient (Wildman–Crippen LogP) is 0.0528. The Hall–Kier alpha value is -1.44. The number of anilines is 1. The first-order chi connectivity index (χ1) is 8.65. The molecule has 8 heteroatoms. The molecule has 0 spiro atoms. The highest BCUT2D eigenvalue weighted by Gasteiger charge is 2.12. The fourth-order valence-corrected chi connectivity index (χ4v) is 1.96. The van der Waals surface area contributed by atoms with Crippen molar-refractivity contribution < 1.29 is 10.2 Å². The summed E-state index contributed by atoms with van der Waals surface area (Å²) in [7, 11) is 0. The highest BCUT2D eigenvalue weighted by atomic mass is 35.5. The molecule has 0 aliphatic carbocycles. The Morgan fingerprint density at radius 2 is 2.06 bits per heavy atom. The van der Waals surface area contributed by atoms with Crippen LogP contribution in [0.2, 0.25) is 5.15 Å². The van der Waals surface area contributed by atoms with Crippen molar-refractivity contribution in [2.24, 2.45) is 5.92 Å². The van der Waals surface area contributed by atoms with E-state index < -0.39 is 0 Å². The normalized spacial score (nSPS) is 11.6. The van der Waals surface area contributed by atoms with E-state index in [1.54, 1.807) is 10.9 Å². The average Bonchev–Trinajstić information content (AvgIpc) is 2.73. The van der Waals surface area contributed by atoms with Crippen molar-refractivity contribution in [3.05, 3.63) is 11.5 Å². The molecule has 0 bridgehead atoms. The Balaban J connectivity index is 2.24. The van der Waals surface area contributed by atoms with Crippen LogP contribution in [0.25, 0.3) is 11.2 Å². The van der Waals surface area contributed by atoms with E-state index in [0.29, 0.717) is 24.1 Å². The van der Waals surface area contributed by atoms with Crippen LogP contribution in [-0.4, -0.2) is 42.9 Å². The van der Waals surface area contributed by atoms with Gasteiger partial charge in [0.15, 0.2) is 10.8 Å². The van der Waals surface area contributed by atoms with Gasteiger partial charge in [0.05, 0.1) is 6.33 Å². The van der Waals surface area contributed by atoms with E-state index in [4.69, 9.17) is 27.5 Å². The molecule has 2 aromatic heterocycles. The second kappa shape index (κ2) is 5.47. The quantitative estimate of drug-likeness (QED) is 0.663. The largest absolute Gasteiger partial charge is 0.396 e. The molecule has 4 N–H and O–H groups in total. The zero-order valence-corrected chi connectivity index (χ0v) is 10.4. The minimum absolute atomic E-state index is 0.0552. The molecule has 2 heterocycles. The Kier molecular flexibility index (Phi) is 3.95. The predicted molar refractivity (Wildman–Crippen MR) is 67.0 cm³/mol. The third-order valence-electron chi connectivity index (χ3n) is 2.74. The van der Waals surface area contributed by atoms with Gasteiger partial charge in [-0.1, -0.05) is 11.6 Å². The summed E-state index contributed by atoms with van der Waals surface area (Å²) in [6.45, 7) is 0.454. The average molecular weight is 272 g/mol. The number of hydrogen-bond acceptors (Lipinski definition) is 6. The molecule has 0 atom stereocenters. The van der Waals surface area contributed by atoms with Gasteiger partial charge in [-0.05, 0) is 6.42 Å². The van der Waals surface area contributed by atoms with Crippen LogP contribution in [0.3, 0.4) is 0 Å². The van der Waals surface area contributed by atoms with Crippen molar-refractivity contribution in [2.75, 3.05) is 18.9 Å². The fourth-order valence-electron chi connectivity index (χ4n) is 1.68. The van der Waals surface area contributed by atoms with Crippen LogP contribution in [0.4, 0.5) is 5.95 Å².